The van der Waals surface area contributed by atoms with Crippen LogP contribution in [0.1, 0.15) is 24.0 Å². The molecule has 1 amide bonds. The summed E-state index contributed by atoms with van der Waals surface area (Å²) >= 11 is 0. The maximum atomic E-state index is 12.8. The number of piperidine rings is 1. The summed E-state index contributed by atoms with van der Waals surface area (Å²) in [6.45, 7) is 1.83. The van der Waals surface area contributed by atoms with Crippen LogP contribution in [0, 0.1) is 0 Å². The number of hydrogen-bond acceptors (Lipinski definition) is 5. The molecule has 0 spiro atoms. The number of carbonyl (C=O) groups is 1. The lowest BCUT2D eigenvalue weighted by molar-refractivity contribution is -0.137. The molecule has 1 aromatic heterocycles. The van der Waals surface area contributed by atoms with Crippen molar-refractivity contribution < 1.29 is 27.1 Å². The fraction of sp³-hybridized carbons (Fsp3) is 0.267. The predicted molar refractivity (Wildman–Crippen MR) is 141 cm³/mol. The summed E-state index contributed by atoms with van der Waals surface area (Å²) in [6, 6.07) is 20.9. The Morgan fingerprint density at radius 3 is 2.38 bits per heavy atom. The van der Waals surface area contributed by atoms with E-state index in [9.17, 15) is 22.8 Å². The average Bonchev–Trinajstić information content (AvgIpc) is 2.93. The molecule has 0 radical (unpaired) electrons. The van der Waals surface area contributed by atoms with Crippen molar-refractivity contribution in [3.63, 3.8) is 0 Å². The van der Waals surface area contributed by atoms with Gasteiger partial charge in [-0.3, -0.25) is 14.5 Å². The molecule has 6 nitrogen and oxygen atoms in total. The standard InChI is InChI=1S/C30H27F3N2O4/c31-30(32,33)22-8-6-20(7-9-22)18-35-14-12-23(13-15-35)34-29(37)19-38-24-10-11-25-26(36)17-27(39-28(25)16-24)21-4-2-1-3-5-21/h1-11,16-17,23H,12-15,18-19H2,(H,34,37). The van der Waals surface area contributed by atoms with E-state index in [1.807, 2.05) is 30.3 Å². The molecule has 1 saturated heterocycles. The minimum absolute atomic E-state index is 0.00647. The Balaban J connectivity index is 1.11. The van der Waals surface area contributed by atoms with Crippen molar-refractivity contribution in [2.45, 2.75) is 31.6 Å². The summed E-state index contributed by atoms with van der Waals surface area (Å²) in [5.41, 5.74) is 1.16. The number of likely N-dealkylation sites (tertiary alicyclic amines) is 1. The number of carbonyl (C=O) groups excluding carboxylic acids is 1. The zero-order valence-corrected chi connectivity index (χ0v) is 21.0. The molecule has 0 saturated carbocycles. The van der Waals surface area contributed by atoms with Crippen LogP contribution in [0.5, 0.6) is 5.75 Å². The maximum Gasteiger partial charge on any atom is 0.416 e. The fourth-order valence-electron chi connectivity index (χ4n) is 4.68. The zero-order chi connectivity index (χ0) is 27.4. The van der Waals surface area contributed by atoms with E-state index in [4.69, 9.17) is 9.15 Å². The molecule has 39 heavy (non-hydrogen) atoms. The van der Waals surface area contributed by atoms with Gasteiger partial charge in [-0.05, 0) is 42.7 Å². The summed E-state index contributed by atoms with van der Waals surface area (Å²) in [5, 5.41) is 3.41. The number of hydrogen-bond donors (Lipinski definition) is 1. The highest BCUT2D eigenvalue weighted by atomic mass is 19.4. The highest BCUT2D eigenvalue weighted by Crippen LogP contribution is 2.29. The monoisotopic (exact) mass is 536 g/mol. The number of nitrogens with zero attached hydrogens (tertiary/aromatic N) is 1. The zero-order valence-electron chi connectivity index (χ0n) is 21.0. The molecule has 1 N–H and O–H groups in total. The number of alkyl halides is 3. The summed E-state index contributed by atoms with van der Waals surface area (Å²) < 4.78 is 49.9. The van der Waals surface area contributed by atoms with E-state index < -0.39 is 11.7 Å². The SMILES string of the molecule is O=C(COc1ccc2c(=O)cc(-c3ccccc3)oc2c1)NC1CCN(Cc2ccc(C(F)(F)F)cc2)CC1. The number of benzene rings is 3. The van der Waals surface area contributed by atoms with Gasteiger partial charge in [-0.25, -0.2) is 0 Å². The van der Waals surface area contributed by atoms with Gasteiger partial charge in [0.2, 0.25) is 0 Å². The van der Waals surface area contributed by atoms with Gasteiger partial charge in [-0.15, -0.1) is 0 Å². The number of amides is 1. The lowest BCUT2D eigenvalue weighted by Crippen LogP contribution is -2.45. The van der Waals surface area contributed by atoms with E-state index in [1.54, 1.807) is 18.2 Å². The first-order chi connectivity index (χ1) is 18.7. The lowest BCUT2D eigenvalue weighted by Gasteiger charge is -2.32. The Morgan fingerprint density at radius 1 is 0.974 bits per heavy atom. The van der Waals surface area contributed by atoms with Gasteiger partial charge in [0.1, 0.15) is 17.1 Å². The molecule has 0 atom stereocenters. The molecule has 0 aliphatic carbocycles. The smallest absolute Gasteiger partial charge is 0.416 e. The highest BCUT2D eigenvalue weighted by molar-refractivity contribution is 5.81. The molecular weight excluding hydrogens is 509 g/mol. The van der Waals surface area contributed by atoms with Gasteiger partial charge in [-0.1, -0.05) is 42.5 Å². The first-order valence-electron chi connectivity index (χ1n) is 12.7. The second kappa shape index (κ2) is 11.3. The van der Waals surface area contributed by atoms with Crippen LogP contribution in [0.4, 0.5) is 13.2 Å². The van der Waals surface area contributed by atoms with Crippen LogP contribution in [0.3, 0.4) is 0 Å². The third-order valence-corrected chi connectivity index (χ3v) is 6.77. The minimum atomic E-state index is -4.34. The summed E-state index contributed by atoms with van der Waals surface area (Å²) in [5.74, 6) is 0.612. The molecule has 9 heteroatoms. The normalized spacial score (nSPS) is 14.8. The Kier molecular flexibility index (Phi) is 7.70. The molecule has 0 bridgehead atoms. The van der Waals surface area contributed by atoms with E-state index >= 15 is 0 Å². The van der Waals surface area contributed by atoms with Crippen LogP contribution in [0.25, 0.3) is 22.3 Å². The molecule has 2 heterocycles. The predicted octanol–water partition coefficient (Wildman–Crippen LogP) is 5.64. The molecule has 0 unspecified atom stereocenters. The second-order valence-corrected chi connectivity index (χ2v) is 9.60. The summed E-state index contributed by atoms with van der Waals surface area (Å²) in [7, 11) is 0. The maximum absolute atomic E-state index is 12.8. The molecule has 1 fully saturated rings. The average molecular weight is 537 g/mol. The first kappa shape index (κ1) is 26.5. The fourth-order valence-corrected chi connectivity index (χ4v) is 4.68. The van der Waals surface area contributed by atoms with Crippen LogP contribution >= 0.6 is 0 Å². The van der Waals surface area contributed by atoms with Gasteiger partial charge in [0.15, 0.2) is 12.0 Å². The van der Waals surface area contributed by atoms with Crippen LogP contribution < -0.4 is 15.5 Å². The second-order valence-electron chi connectivity index (χ2n) is 9.60. The van der Waals surface area contributed by atoms with Crippen LogP contribution in [0.2, 0.25) is 0 Å². The van der Waals surface area contributed by atoms with Crippen molar-refractivity contribution in [1.29, 1.82) is 0 Å². The largest absolute Gasteiger partial charge is 0.484 e. The molecule has 1 aliphatic rings. The third kappa shape index (κ3) is 6.67. The molecular formula is C30H27F3N2O4. The van der Waals surface area contributed by atoms with Crippen molar-refractivity contribution in [1.82, 2.24) is 10.2 Å². The van der Waals surface area contributed by atoms with E-state index in [0.29, 0.717) is 29.0 Å². The quantitative estimate of drug-likeness (QED) is 0.331. The van der Waals surface area contributed by atoms with Gasteiger partial charge in [0.05, 0.1) is 10.9 Å². The molecule has 5 rings (SSSR count). The van der Waals surface area contributed by atoms with Gasteiger partial charge >= 0.3 is 6.18 Å². The highest BCUT2D eigenvalue weighted by Gasteiger charge is 2.30. The number of nitrogens with one attached hydrogen (secondary N) is 1. The lowest BCUT2D eigenvalue weighted by atomic mass is 10.0. The molecule has 202 valence electrons. The van der Waals surface area contributed by atoms with Gasteiger partial charge in [-0.2, -0.15) is 13.2 Å². The van der Waals surface area contributed by atoms with Gasteiger partial charge in [0.25, 0.3) is 5.91 Å². The molecule has 4 aromatic rings. The minimum Gasteiger partial charge on any atom is -0.484 e. The van der Waals surface area contributed by atoms with Crippen molar-refractivity contribution in [3.05, 3.63) is 100 Å². The topological polar surface area (TPSA) is 71.8 Å². The number of halogens is 3. The Bertz CT molecular complexity index is 1490. The number of rotatable bonds is 7. The van der Waals surface area contributed by atoms with Gasteiger partial charge in [0, 0.05) is 43.4 Å². The number of fused-ring (bicyclic) bond motifs is 1. The van der Waals surface area contributed by atoms with Gasteiger partial charge < -0.3 is 14.5 Å². The van der Waals surface area contributed by atoms with Crippen LogP contribution in [-0.4, -0.2) is 36.5 Å². The Morgan fingerprint density at radius 2 is 1.69 bits per heavy atom. The third-order valence-electron chi connectivity index (χ3n) is 6.77. The molecule has 3 aromatic carbocycles. The summed E-state index contributed by atoms with van der Waals surface area (Å²) in [6.07, 6.45) is -2.87. The van der Waals surface area contributed by atoms with Crippen molar-refractivity contribution >= 4 is 16.9 Å². The molecule has 1 aliphatic heterocycles. The van der Waals surface area contributed by atoms with E-state index in [2.05, 4.69) is 10.2 Å². The van der Waals surface area contributed by atoms with E-state index in [0.717, 1.165) is 49.2 Å². The summed E-state index contributed by atoms with van der Waals surface area (Å²) in [4.78, 5) is 27.2. The van der Waals surface area contributed by atoms with E-state index in [-0.39, 0.29) is 24.0 Å². The Labute approximate surface area is 223 Å². The van der Waals surface area contributed by atoms with Crippen molar-refractivity contribution in [2.75, 3.05) is 19.7 Å². The van der Waals surface area contributed by atoms with Crippen LogP contribution in [0.15, 0.2) is 88.1 Å². The van der Waals surface area contributed by atoms with Crippen molar-refractivity contribution in [2.24, 2.45) is 0 Å². The van der Waals surface area contributed by atoms with Crippen molar-refractivity contribution in [3.8, 4) is 17.1 Å². The first-order valence-corrected chi connectivity index (χ1v) is 12.7. The number of ether oxygens (including phenoxy) is 1. The van der Waals surface area contributed by atoms with E-state index in [1.165, 1.54) is 18.2 Å². The Hall–Kier alpha value is -4.11. The van der Waals surface area contributed by atoms with Crippen LogP contribution in [-0.2, 0) is 17.5 Å².